The predicted molar refractivity (Wildman–Crippen MR) is 75.6 cm³/mol. The minimum atomic E-state index is -0.631. The number of hydrogen-bond donors (Lipinski definition) is 1. The Hall–Kier alpha value is -0.650. The molecule has 1 saturated carbocycles. The second-order valence-electron chi connectivity index (χ2n) is 5.93. The SMILES string of the molecule is CCOC(=O)C(C)(CCOCC1CCCO1)NC1CC1. The third-order valence-electron chi connectivity index (χ3n) is 3.90. The van der Waals surface area contributed by atoms with Gasteiger partial charge in [-0.25, -0.2) is 0 Å². The van der Waals surface area contributed by atoms with Crippen molar-refractivity contribution < 1.29 is 19.0 Å². The van der Waals surface area contributed by atoms with Gasteiger partial charge in [-0.1, -0.05) is 0 Å². The molecular weight excluding hydrogens is 258 g/mol. The lowest BCUT2D eigenvalue weighted by atomic mass is 9.98. The number of rotatable bonds is 9. The van der Waals surface area contributed by atoms with Crippen LogP contribution in [0.1, 0.15) is 46.0 Å². The molecule has 5 nitrogen and oxygen atoms in total. The molecule has 0 bridgehead atoms. The third kappa shape index (κ3) is 4.72. The van der Waals surface area contributed by atoms with Gasteiger partial charge < -0.3 is 14.2 Å². The van der Waals surface area contributed by atoms with Crippen LogP contribution in [0.4, 0.5) is 0 Å². The highest BCUT2D eigenvalue weighted by Crippen LogP contribution is 2.25. The molecule has 2 fully saturated rings. The zero-order valence-corrected chi connectivity index (χ0v) is 12.7. The Kier molecular flexibility index (Phi) is 5.81. The molecule has 0 aromatic rings. The second-order valence-corrected chi connectivity index (χ2v) is 5.93. The van der Waals surface area contributed by atoms with E-state index in [9.17, 15) is 4.79 Å². The van der Waals surface area contributed by atoms with E-state index in [4.69, 9.17) is 14.2 Å². The molecule has 1 aliphatic carbocycles. The average molecular weight is 285 g/mol. The lowest BCUT2D eigenvalue weighted by Gasteiger charge is -2.28. The van der Waals surface area contributed by atoms with Crippen LogP contribution in [0.15, 0.2) is 0 Å². The first kappa shape index (κ1) is 15.7. The summed E-state index contributed by atoms with van der Waals surface area (Å²) in [5, 5.41) is 3.39. The van der Waals surface area contributed by atoms with Crippen LogP contribution in [-0.4, -0.2) is 50.1 Å². The summed E-state index contributed by atoms with van der Waals surface area (Å²) in [6.45, 7) is 6.19. The number of carbonyl (C=O) groups is 1. The van der Waals surface area contributed by atoms with Gasteiger partial charge in [0.15, 0.2) is 0 Å². The maximum Gasteiger partial charge on any atom is 0.326 e. The van der Waals surface area contributed by atoms with Crippen molar-refractivity contribution in [3.8, 4) is 0 Å². The van der Waals surface area contributed by atoms with E-state index in [0.29, 0.717) is 32.3 Å². The zero-order valence-electron chi connectivity index (χ0n) is 12.7. The normalized spacial score (nSPS) is 25.4. The highest BCUT2D eigenvalue weighted by molar-refractivity contribution is 5.80. The van der Waals surface area contributed by atoms with Crippen LogP contribution < -0.4 is 5.32 Å². The largest absolute Gasteiger partial charge is 0.465 e. The van der Waals surface area contributed by atoms with Crippen molar-refractivity contribution >= 4 is 5.97 Å². The molecule has 0 amide bonds. The molecule has 1 N–H and O–H groups in total. The quantitative estimate of drug-likeness (QED) is 0.515. The summed E-state index contributed by atoms with van der Waals surface area (Å²) in [5.41, 5.74) is -0.631. The summed E-state index contributed by atoms with van der Waals surface area (Å²) in [6, 6.07) is 0.461. The first-order valence-corrected chi connectivity index (χ1v) is 7.78. The molecule has 0 radical (unpaired) electrons. The molecule has 2 atom stereocenters. The standard InChI is InChI=1S/C15H27NO4/c1-3-19-14(17)15(2,16-12-6-7-12)8-10-18-11-13-5-4-9-20-13/h12-13,16H,3-11H2,1-2H3. The fourth-order valence-electron chi connectivity index (χ4n) is 2.47. The van der Waals surface area contributed by atoms with Gasteiger partial charge in [-0.3, -0.25) is 10.1 Å². The summed E-state index contributed by atoms with van der Waals surface area (Å²) in [6.07, 6.45) is 5.36. The summed E-state index contributed by atoms with van der Waals surface area (Å²) >= 11 is 0. The van der Waals surface area contributed by atoms with E-state index in [2.05, 4.69) is 5.32 Å². The van der Waals surface area contributed by atoms with Gasteiger partial charge in [0.2, 0.25) is 0 Å². The van der Waals surface area contributed by atoms with E-state index >= 15 is 0 Å². The number of nitrogens with one attached hydrogen (secondary N) is 1. The molecule has 0 aromatic heterocycles. The van der Waals surface area contributed by atoms with Crippen LogP contribution in [0.25, 0.3) is 0 Å². The van der Waals surface area contributed by atoms with Crippen LogP contribution in [0.2, 0.25) is 0 Å². The molecule has 20 heavy (non-hydrogen) atoms. The van der Waals surface area contributed by atoms with Gasteiger partial charge in [0, 0.05) is 19.3 Å². The fraction of sp³-hybridized carbons (Fsp3) is 0.933. The Morgan fingerprint density at radius 1 is 1.40 bits per heavy atom. The van der Waals surface area contributed by atoms with E-state index < -0.39 is 5.54 Å². The summed E-state index contributed by atoms with van der Waals surface area (Å²) in [5.74, 6) is -0.174. The topological polar surface area (TPSA) is 56.8 Å². The van der Waals surface area contributed by atoms with Crippen LogP contribution in [0.5, 0.6) is 0 Å². The maximum absolute atomic E-state index is 12.1. The van der Waals surface area contributed by atoms with Gasteiger partial charge in [0.05, 0.1) is 19.3 Å². The van der Waals surface area contributed by atoms with E-state index in [1.165, 1.54) is 0 Å². The van der Waals surface area contributed by atoms with Gasteiger partial charge in [-0.2, -0.15) is 0 Å². The maximum atomic E-state index is 12.1. The Labute approximate surface area is 121 Å². The summed E-state index contributed by atoms with van der Waals surface area (Å²) in [7, 11) is 0. The number of carbonyl (C=O) groups excluding carboxylic acids is 1. The molecule has 0 aromatic carbocycles. The van der Waals surface area contributed by atoms with Crippen molar-refractivity contribution in [3.05, 3.63) is 0 Å². The Morgan fingerprint density at radius 3 is 2.80 bits per heavy atom. The third-order valence-corrected chi connectivity index (χ3v) is 3.90. The van der Waals surface area contributed by atoms with E-state index in [1.54, 1.807) is 0 Å². The minimum Gasteiger partial charge on any atom is -0.465 e. The molecule has 0 spiro atoms. The van der Waals surface area contributed by atoms with Crippen molar-refractivity contribution in [1.29, 1.82) is 0 Å². The predicted octanol–water partition coefficient (Wildman–Crippen LogP) is 1.65. The van der Waals surface area contributed by atoms with Gasteiger partial charge in [0.25, 0.3) is 0 Å². The van der Waals surface area contributed by atoms with Crippen molar-refractivity contribution in [3.63, 3.8) is 0 Å². The first-order valence-electron chi connectivity index (χ1n) is 7.78. The molecule has 2 rings (SSSR count). The van der Waals surface area contributed by atoms with Gasteiger partial charge in [-0.15, -0.1) is 0 Å². The van der Waals surface area contributed by atoms with Gasteiger partial charge in [0.1, 0.15) is 5.54 Å². The van der Waals surface area contributed by atoms with Gasteiger partial charge >= 0.3 is 5.97 Å². The van der Waals surface area contributed by atoms with Crippen LogP contribution in [0.3, 0.4) is 0 Å². The Morgan fingerprint density at radius 2 is 2.20 bits per heavy atom. The van der Waals surface area contributed by atoms with Crippen LogP contribution in [0, 0.1) is 0 Å². The zero-order chi connectivity index (χ0) is 14.4. The highest BCUT2D eigenvalue weighted by Gasteiger charge is 2.39. The number of ether oxygens (including phenoxy) is 3. The number of esters is 1. The summed E-state index contributed by atoms with van der Waals surface area (Å²) < 4.78 is 16.4. The van der Waals surface area contributed by atoms with Crippen LogP contribution in [-0.2, 0) is 19.0 Å². The highest BCUT2D eigenvalue weighted by atomic mass is 16.5. The van der Waals surface area contributed by atoms with E-state index in [1.807, 2.05) is 13.8 Å². The van der Waals surface area contributed by atoms with Crippen molar-refractivity contribution in [1.82, 2.24) is 5.32 Å². The average Bonchev–Trinajstić information content (AvgIpc) is 3.07. The lowest BCUT2D eigenvalue weighted by molar-refractivity contribution is -0.151. The molecule has 1 saturated heterocycles. The van der Waals surface area contributed by atoms with Crippen molar-refractivity contribution in [2.75, 3.05) is 26.4 Å². The molecular formula is C15H27NO4. The second kappa shape index (κ2) is 7.38. The van der Waals surface area contributed by atoms with Crippen molar-refractivity contribution in [2.24, 2.45) is 0 Å². The van der Waals surface area contributed by atoms with E-state index in [-0.39, 0.29) is 12.1 Å². The van der Waals surface area contributed by atoms with Crippen molar-refractivity contribution in [2.45, 2.75) is 63.6 Å². The summed E-state index contributed by atoms with van der Waals surface area (Å²) in [4.78, 5) is 12.1. The molecule has 116 valence electrons. The molecule has 2 unspecified atom stereocenters. The Balaban J connectivity index is 1.72. The number of hydrogen-bond acceptors (Lipinski definition) is 5. The minimum absolute atomic E-state index is 0.174. The van der Waals surface area contributed by atoms with Gasteiger partial charge in [-0.05, 0) is 46.0 Å². The molecule has 2 aliphatic rings. The molecule has 1 aliphatic heterocycles. The van der Waals surface area contributed by atoms with Crippen LogP contribution >= 0.6 is 0 Å². The van der Waals surface area contributed by atoms with E-state index in [0.717, 1.165) is 32.3 Å². The first-order chi connectivity index (χ1) is 9.64. The Bertz CT molecular complexity index is 313. The molecule has 1 heterocycles. The monoisotopic (exact) mass is 285 g/mol. The lowest BCUT2D eigenvalue weighted by Crippen LogP contribution is -2.52. The molecule has 5 heteroatoms. The fourth-order valence-corrected chi connectivity index (χ4v) is 2.47. The smallest absolute Gasteiger partial charge is 0.326 e.